The number of nitrogens with zero attached hydrogens (tertiary/aromatic N) is 1. The van der Waals surface area contributed by atoms with Gasteiger partial charge in [-0.2, -0.15) is 0 Å². The molecule has 0 spiro atoms. The Morgan fingerprint density at radius 2 is 1.80 bits per heavy atom. The quantitative estimate of drug-likeness (QED) is 0.727. The van der Waals surface area contributed by atoms with Crippen LogP contribution in [-0.4, -0.2) is 29.0 Å². The lowest BCUT2D eigenvalue weighted by Gasteiger charge is -2.30. The number of rotatable bonds is 5. The van der Waals surface area contributed by atoms with E-state index in [2.05, 4.69) is 0 Å². The molecule has 2 fully saturated rings. The second-order valence-corrected chi connectivity index (χ2v) is 6.19. The van der Waals surface area contributed by atoms with Crippen LogP contribution in [0.2, 0.25) is 0 Å². The molecule has 1 saturated carbocycles. The number of likely N-dealkylation sites (tertiary alicyclic amines) is 1. The van der Waals surface area contributed by atoms with Gasteiger partial charge in [-0.05, 0) is 38.0 Å². The van der Waals surface area contributed by atoms with Crippen LogP contribution in [0.4, 0.5) is 0 Å². The largest absolute Gasteiger partial charge is 0.299 e. The van der Waals surface area contributed by atoms with E-state index in [4.69, 9.17) is 0 Å². The third kappa shape index (κ3) is 3.10. The van der Waals surface area contributed by atoms with Gasteiger partial charge in [0.15, 0.2) is 0 Å². The maximum absolute atomic E-state index is 12.1. The van der Waals surface area contributed by atoms with Gasteiger partial charge in [0.1, 0.15) is 5.78 Å². The Morgan fingerprint density at radius 1 is 1.15 bits per heavy atom. The molecule has 2 aliphatic rings. The van der Waals surface area contributed by atoms with Crippen LogP contribution >= 0.6 is 0 Å². The van der Waals surface area contributed by atoms with Gasteiger partial charge in [-0.25, -0.2) is 0 Å². The van der Waals surface area contributed by atoms with E-state index >= 15 is 0 Å². The summed E-state index contributed by atoms with van der Waals surface area (Å²) in [5.41, 5.74) is 0. The lowest BCUT2D eigenvalue weighted by atomic mass is 9.79. The minimum Gasteiger partial charge on any atom is -0.299 e. The fourth-order valence-electron chi connectivity index (χ4n) is 3.48. The van der Waals surface area contributed by atoms with Gasteiger partial charge in [-0.15, -0.1) is 0 Å². The molecule has 0 N–H and O–H groups in total. The number of carbonyl (C=O) groups is 3. The topological polar surface area (TPSA) is 54.5 Å². The summed E-state index contributed by atoms with van der Waals surface area (Å²) in [4.78, 5) is 37.1. The first kappa shape index (κ1) is 15.2. The van der Waals surface area contributed by atoms with Gasteiger partial charge in [0.05, 0.1) is 0 Å². The lowest BCUT2D eigenvalue weighted by Crippen LogP contribution is -2.37. The first-order valence-electron chi connectivity index (χ1n) is 7.93. The highest BCUT2D eigenvalue weighted by Gasteiger charge is 2.38. The van der Waals surface area contributed by atoms with E-state index in [-0.39, 0.29) is 23.7 Å². The van der Waals surface area contributed by atoms with Crippen LogP contribution in [0.15, 0.2) is 0 Å². The van der Waals surface area contributed by atoms with Crippen LogP contribution in [0.1, 0.15) is 58.8 Å². The Labute approximate surface area is 120 Å². The second-order valence-electron chi connectivity index (χ2n) is 6.19. The van der Waals surface area contributed by atoms with Crippen molar-refractivity contribution in [1.82, 2.24) is 4.90 Å². The second kappa shape index (κ2) is 6.51. The summed E-state index contributed by atoms with van der Waals surface area (Å²) in [6, 6.07) is 0. The molecule has 0 bridgehead atoms. The average molecular weight is 279 g/mol. The predicted octanol–water partition coefficient (Wildman–Crippen LogP) is 2.56. The molecular formula is C16H25NO3. The fraction of sp³-hybridized carbons (Fsp3) is 0.812. The van der Waals surface area contributed by atoms with Gasteiger partial charge in [-0.3, -0.25) is 19.3 Å². The van der Waals surface area contributed by atoms with Crippen LogP contribution in [-0.2, 0) is 14.4 Å². The highest BCUT2D eigenvalue weighted by atomic mass is 16.2. The van der Waals surface area contributed by atoms with Crippen molar-refractivity contribution >= 4 is 17.6 Å². The Bertz CT molecular complexity index is 397. The number of amides is 2. The molecule has 112 valence electrons. The Balaban J connectivity index is 1.85. The first-order chi connectivity index (χ1) is 9.56. The summed E-state index contributed by atoms with van der Waals surface area (Å²) < 4.78 is 0. The van der Waals surface area contributed by atoms with Gasteiger partial charge < -0.3 is 0 Å². The minimum absolute atomic E-state index is 0.00592. The maximum atomic E-state index is 12.1. The number of ketones is 1. The third-order valence-corrected chi connectivity index (χ3v) is 4.92. The minimum atomic E-state index is -0.0968. The molecule has 2 rings (SSSR count). The molecule has 1 atom stereocenters. The molecule has 4 nitrogen and oxygen atoms in total. The SMILES string of the molecule is CCC(=O)C1CCC(CN2C(=O)CC(CC)C2=O)CC1. The first-order valence-corrected chi connectivity index (χ1v) is 7.93. The molecular weight excluding hydrogens is 254 g/mol. The van der Waals surface area contributed by atoms with E-state index in [1.165, 1.54) is 4.90 Å². The van der Waals surface area contributed by atoms with Crippen molar-refractivity contribution in [3.05, 3.63) is 0 Å². The van der Waals surface area contributed by atoms with Crippen molar-refractivity contribution in [3.8, 4) is 0 Å². The van der Waals surface area contributed by atoms with Gasteiger partial charge in [0.2, 0.25) is 11.8 Å². The Hall–Kier alpha value is -1.19. The standard InChI is InChI=1S/C16H25NO3/c1-3-12-9-15(19)17(16(12)20)10-11-5-7-13(8-6-11)14(18)4-2/h11-13H,3-10H2,1-2H3. The van der Waals surface area contributed by atoms with E-state index in [1.54, 1.807) is 0 Å². The molecule has 0 aromatic rings. The average Bonchev–Trinajstić information content (AvgIpc) is 2.74. The summed E-state index contributed by atoms with van der Waals surface area (Å²) in [7, 11) is 0. The number of carbonyl (C=O) groups excluding carboxylic acids is 3. The molecule has 0 radical (unpaired) electrons. The van der Waals surface area contributed by atoms with Gasteiger partial charge >= 0.3 is 0 Å². The van der Waals surface area contributed by atoms with Crippen molar-refractivity contribution in [2.24, 2.45) is 17.8 Å². The van der Waals surface area contributed by atoms with Crippen molar-refractivity contribution in [2.75, 3.05) is 6.54 Å². The summed E-state index contributed by atoms with van der Waals surface area (Å²) >= 11 is 0. The summed E-state index contributed by atoms with van der Waals surface area (Å²) in [6.45, 7) is 4.45. The van der Waals surface area contributed by atoms with Gasteiger partial charge in [0.25, 0.3) is 0 Å². The number of Topliss-reactive ketones (excluding diaryl/α,β-unsaturated/α-hetero) is 1. The summed E-state index contributed by atoms with van der Waals surface area (Å²) in [5.74, 6) is 0.880. The monoisotopic (exact) mass is 279 g/mol. The normalized spacial score (nSPS) is 30.9. The van der Waals surface area contributed by atoms with Crippen LogP contribution in [0.25, 0.3) is 0 Å². The van der Waals surface area contributed by atoms with Crippen molar-refractivity contribution in [1.29, 1.82) is 0 Å². The van der Waals surface area contributed by atoms with Gasteiger partial charge in [0, 0.05) is 31.2 Å². The molecule has 1 unspecified atom stereocenters. The zero-order chi connectivity index (χ0) is 14.7. The van der Waals surface area contributed by atoms with Crippen LogP contribution < -0.4 is 0 Å². The highest BCUT2D eigenvalue weighted by Crippen LogP contribution is 2.32. The zero-order valence-electron chi connectivity index (χ0n) is 12.6. The number of hydrogen-bond donors (Lipinski definition) is 0. The summed E-state index contributed by atoms with van der Waals surface area (Å²) in [5, 5.41) is 0. The van der Waals surface area contributed by atoms with Crippen molar-refractivity contribution in [3.63, 3.8) is 0 Å². The van der Waals surface area contributed by atoms with Crippen LogP contribution in [0.5, 0.6) is 0 Å². The molecule has 1 saturated heterocycles. The molecule has 1 aliphatic heterocycles. The fourth-order valence-corrected chi connectivity index (χ4v) is 3.48. The van der Waals surface area contributed by atoms with Crippen LogP contribution in [0.3, 0.4) is 0 Å². The molecule has 1 heterocycles. The van der Waals surface area contributed by atoms with Gasteiger partial charge in [-0.1, -0.05) is 13.8 Å². The van der Waals surface area contributed by atoms with Crippen molar-refractivity contribution in [2.45, 2.75) is 58.8 Å². The summed E-state index contributed by atoms with van der Waals surface area (Å²) in [6.07, 6.45) is 5.53. The predicted molar refractivity (Wildman–Crippen MR) is 75.9 cm³/mol. The molecule has 4 heteroatoms. The van der Waals surface area contributed by atoms with Crippen LogP contribution in [0, 0.1) is 17.8 Å². The van der Waals surface area contributed by atoms with Crippen molar-refractivity contribution < 1.29 is 14.4 Å². The maximum Gasteiger partial charge on any atom is 0.232 e. The van der Waals surface area contributed by atoms with E-state index in [0.717, 1.165) is 32.1 Å². The lowest BCUT2D eigenvalue weighted by molar-refractivity contribution is -0.140. The number of imide groups is 1. The molecule has 0 aromatic carbocycles. The molecule has 20 heavy (non-hydrogen) atoms. The van der Waals surface area contributed by atoms with E-state index in [9.17, 15) is 14.4 Å². The number of hydrogen-bond acceptors (Lipinski definition) is 3. The highest BCUT2D eigenvalue weighted by molar-refractivity contribution is 6.03. The Morgan fingerprint density at radius 3 is 2.30 bits per heavy atom. The third-order valence-electron chi connectivity index (χ3n) is 4.92. The molecule has 0 aromatic heterocycles. The smallest absolute Gasteiger partial charge is 0.232 e. The van der Waals surface area contributed by atoms with E-state index in [0.29, 0.717) is 31.1 Å². The zero-order valence-corrected chi connectivity index (χ0v) is 12.6. The van der Waals surface area contributed by atoms with E-state index < -0.39 is 0 Å². The Kier molecular flexibility index (Phi) is 4.95. The molecule has 2 amide bonds. The van der Waals surface area contributed by atoms with E-state index in [1.807, 2.05) is 13.8 Å². The molecule has 1 aliphatic carbocycles.